The van der Waals surface area contributed by atoms with Crippen molar-refractivity contribution in [2.75, 3.05) is 7.05 Å². The summed E-state index contributed by atoms with van der Waals surface area (Å²) < 4.78 is 23.4. The van der Waals surface area contributed by atoms with Gasteiger partial charge in [0.1, 0.15) is 4.87 Å². The number of hydrogen-bond acceptors (Lipinski definition) is 4. The molecular weight excluding hydrogens is 272 g/mol. The van der Waals surface area contributed by atoms with Crippen LogP contribution in [-0.2, 0) is 10.0 Å². The maximum Gasteiger partial charge on any atom is 0.228 e. The van der Waals surface area contributed by atoms with E-state index >= 15 is 0 Å². The van der Waals surface area contributed by atoms with E-state index in [-0.39, 0.29) is 12.0 Å². The lowest BCUT2D eigenvalue weighted by Crippen LogP contribution is -2.57. The third-order valence-electron chi connectivity index (χ3n) is 3.94. The number of hydrogen-bond donors (Lipinski definition) is 4. The van der Waals surface area contributed by atoms with Crippen molar-refractivity contribution in [3.8, 4) is 0 Å². The first-order chi connectivity index (χ1) is 8.20. The van der Waals surface area contributed by atoms with Crippen LogP contribution in [0.15, 0.2) is 0 Å². The van der Waals surface area contributed by atoms with Crippen molar-refractivity contribution in [3.63, 3.8) is 0 Å². The molecule has 1 rings (SSSR count). The van der Waals surface area contributed by atoms with Crippen LogP contribution >= 0.6 is 12.2 Å². The second-order valence-corrected chi connectivity index (χ2v) is 7.34. The quantitative estimate of drug-likeness (QED) is 0.525. The molecule has 0 aliphatic heterocycles. The molecule has 0 spiro atoms. The van der Waals surface area contributed by atoms with Crippen LogP contribution in [0.2, 0.25) is 0 Å². The average molecular weight is 294 g/mol. The predicted molar refractivity (Wildman–Crippen MR) is 76.2 cm³/mol. The summed E-state index contributed by atoms with van der Waals surface area (Å²) in [6.07, 6.45) is 3.23. The van der Waals surface area contributed by atoms with Crippen LogP contribution in [0, 0.1) is 5.92 Å². The Hall–Kier alpha value is -0.440. The third kappa shape index (κ3) is 3.31. The topological polar surface area (TPSA) is 110 Å². The second-order valence-electron chi connectivity index (χ2n) is 4.96. The molecule has 6 N–H and O–H groups in total. The summed E-state index contributed by atoms with van der Waals surface area (Å²) in [6, 6.07) is 0.236. The molecule has 6 nitrogen and oxygen atoms in total. The Morgan fingerprint density at radius 3 is 2.17 bits per heavy atom. The number of thiocarbonyl (C=S) groups is 1. The second kappa shape index (κ2) is 5.68. The molecule has 0 aromatic heterocycles. The Kier molecular flexibility index (Phi) is 4.93. The smallest absolute Gasteiger partial charge is 0.228 e. The minimum absolute atomic E-state index is 0.00176. The molecule has 0 aromatic carbocycles. The zero-order valence-electron chi connectivity index (χ0n) is 10.8. The molecule has 106 valence electrons. The van der Waals surface area contributed by atoms with Crippen molar-refractivity contribution in [1.82, 2.24) is 10.6 Å². The van der Waals surface area contributed by atoms with E-state index in [9.17, 15) is 8.42 Å². The molecule has 1 aliphatic rings. The normalized spacial score (nSPS) is 28.4. The van der Waals surface area contributed by atoms with Crippen LogP contribution in [0.25, 0.3) is 0 Å². The number of nitrogens with one attached hydrogen (secondary N) is 2. The first-order valence-electron chi connectivity index (χ1n) is 5.98. The van der Waals surface area contributed by atoms with Crippen LogP contribution in [-0.4, -0.2) is 31.5 Å². The van der Waals surface area contributed by atoms with Crippen LogP contribution in [0.1, 0.15) is 32.6 Å². The Morgan fingerprint density at radius 2 is 1.83 bits per heavy atom. The lowest BCUT2D eigenvalue weighted by molar-refractivity contribution is 0.232. The highest BCUT2D eigenvalue weighted by molar-refractivity contribution is 7.90. The molecule has 1 aliphatic carbocycles. The Bertz CT molecular complexity index is 404. The zero-order chi connectivity index (χ0) is 14.0. The van der Waals surface area contributed by atoms with Gasteiger partial charge >= 0.3 is 0 Å². The van der Waals surface area contributed by atoms with Crippen molar-refractivity contribution in [2.24, 2.45) is 16.8 Å². The Labute approximate surface area is 114 Å². The maximum atomic E-state index is 11.7. The molecule has 1 saturated carbocycles. The van der Waals surface area contributed by atoms with E-state index in [1.165, 1.54) is 0 Å². The summed E-state index contributed by atoms with van der Waals surface area (Å²) >= 11 is 4.80. The SMILES string of the molecule is CNC(C)([C@H]1CC[C@H](NC(N)=S)CC1)S(N)(=O)=O. The fourth-order valence-electron chi connectivity index (χ4n) is 2.57. The summed E-state index contributed by atoms with van der Waals surface area (Å²) in [5.74, 6) is 0.00176. The van der Waals surface area contributed by atoms with Gasteiger partial charge in [-0.15, -0.1) is 0 Å². The molecule has 1 unspecified atom stereocenters. The van der Waals surface area contributed by atoms with Crippen molar-refractivity contribution >= 4 is 27.4 Å². The molecule has 0 amide bonds. The highest BCUT2D eigenvalue weighted by Crippen LogP contribution is 2.34. The summed E-state index contributed by atoms with van der Waals surface area (Å²) in [5, 5.41) is 11.5. The van der Waals surface area contributed by atoms with E-state index in [1.807, 2.05) is 0 Å². The third-order valence-corrected chi connectivity index (χ3v) is 5.78. The molecule has 0 bridgehead atoms. The van der Waals surface area contributed by atoms with E-state index < -0.39 is 14.9 Å². The van der Waals surface area contributed by atoms with Gasteiger partial charge in [-0.2, -0.15) is 0 Å². The number of primary sulfonamides is 1. The first-order valence-corrected chi connectivity index (χ1v) is 7.93. The van der Waals surface area contributed by atoms with Gasteiger partial charge < -0.3 is 16.4 Å². The molecule has 0 radical (unpaired) electrons. The molecule has 0 heterocycles. The van der Waals surface area contributed by atoms with Gasteiger partial charge in [0.2, 0.25) is 10.0 Å². The molecule has 1 atom stereocenters. The summed E-state index contributed by atoms with van der Waals surface area (Å²) in [7, 11) is -2.01. The standard InChI is InChI=1S/C10H22N4O2S2/c1-10(13-2,18(12,15)16)7-3-5-8(6-4-7)14-9(11)17/h7-8,13H,3-6H2,1-2H3,(H3,11,14,17)(H2,12,15,16)/t7-,8-,10?. The first kappa shape index (κ1) is 15.6. The number of nitrogens with two attached hydrogens (primary N) is 2. The summed E-state index contributed by atoms with van der Waals surface area (Å²) in [4.78, 5) is -1.07. The number of sulfonamides is 1. The van der Waals surface area contributed by atoms with Gasteiger partial charge in [-0.1, -0.05) is 0 Å². The molecule has 8 heteroatoms. The van der Waals surface area contributed by atoms with Gasteiger partial charge in [0.25, 0.3) is 0 Å². The predicted octanol–water partition coefficient (Wildman–Crippen LogP) is -0.397. The maximum absolute atomic E-state index is 11.7. The van der Waals surface area contributed by atoms with Crippen LogP contribution in [0.4, 0.5) is 0 Å². The molecule has 0 saturated heterocycles. The van der Waals surface area contributed by atoms with Gasteiger partial charge in [0.05, 0.1) is 0 Å². The Balaban J connectivity index is 2.69. The lowest BCUT2D eigenvalue weighted by Gasteiger charge is -2.39. The molecule has 1 fully saturated rings. The zero-order valence-corrected chi connectivity index (χ0v) is 12.4. The van der Waals surface area contributed by atoms with E-state index in [4.69, 9.17) is 23.1 Å². The average Bonchev–Trinajstić information content (AvgIpc) is 2.26. The number of rotatable bonds is 4. The Morgan fingerprint density at radius 1 is 1.33 bits per heavy atom. The monoisotopic (exact) mass is 294 g/mol. The minimum Gasteiger partial charge on any atom is -0.376 e. The fraction of sp³-hybridized carbons (Fsp3) is 0.900. The van der Waals surface area contributed by atoms with Gasteiger partial charge in [0.15, 0.2) is 5.11 Å². The molecule has 0 aromatic rings. The summed E-state index contributed by atoms with van der Waals surface area (Å²) in [5.41, 5.74) is 5.43. The van der Waals surface area contributed by atoms with Crippen molar-refractivity contribution in [3.05, 3.63) is 0 Å². The van der Waals surface area contributed by atoms with E-state index in [2.05, 4.69) is 10.6 Å². The van der Waals surface area contributed by atoms with E-state index in [0.717, 1.165) is 25.7 Å². The molecular formula is C10H22N4O2S2. The lowest BCUT2D eigenvalue weighted by atomic mass is 9.81. The highest BCUT2D eigenvalue weighted by Gasteiger charge is 2.44. The largest absolute Gasteiger partial charge is 0.376 e. The van der Waals surface area contributed by atoms with Crippen molar-refractivity contribution in [1.29, 1.82) is 0 Å². The fourth-order valence-corrected chi connectivity index (χ4v) is 3.72. The van der Waals surface area contributed by atoms with Gasteiger partial charge in [-0.05, 0) is 57.8 Å². The van der Waals surface area contributed by atoms with Crippen LogP contribution in [0.3, 0.4) is 0 Å². The summed E-state index contributed by atoms with van der Waals surface area (Å²) in [6.45, 7) is 1.65. The van der Waals surface area contributed by atoms with Crippen LogP contribution in [0.5, 0.6) is 0 Å². The van der Waals surface area contributed by atoms with Crippen LogP contribution < -0.4 is 21.5 Å². The van der Waals surface area contributed by atoms with Gasteiger partial charge in [-0.3, -0.25) is 0 Å². The van der Waals surface area contributed by atoms with Gasteiger partial charge in [-0.25, -0.2) is 13.6 Å². The van der Waals surface area contributed by atoms with Crippen molar-refractivity contribution < 1.29 is 8.42 Å². The van der Waals surface area contributed by atoms with E-state index in [0.29, 0.717) is 5.11 Å². The molecule has 18 heavy (non-hydrogen) atoms. The van der Waals surface area contributed by atoms with Crippen molar-refractivity contribution in [2.45, 2.75) is 43.5 Å². The van der Waals surface area contributed by atoms with Gasteiger partial charge in [0, 0.05) is 6.04 Å². The highest BCUT2D eigenvalue weighted by atomic mass is 32.2. The minimum atomic E-state index is -3.64. The van der Waals surface area contributed by atoms with E-state index in [1.54, 1.807) is 14.0 Å².